The summed E-state index contributed by atoms with van der Waals surface area (Å²) in [4.78, 5) is 5.36. The van der Waals surface area contributed by atoms with Crippen LogP contribution in [0.2, 0.25) is 0 Å². The van der Waals surface area contributed by atoms with Crippen LogP contribution < -0.4 is 0 Å². The standard InChI is InChI=1S/C16H27N3O/c1-11(2)9-18-7-5-16-15(18)6-8-19(16)10-14-12(3)17-20-13(14)4/h11,15-16H,5-10H2,1-4H3/t15-,16-/m0/s1. The molecule has 0 saturated carbocycles. The first kappa shape index (κ1) is 14.1. The Morgan fingerprint density at radius 2 is 1.80 bits per heavy atom. The average molecular weight is 277 g/mol. The van der Waals surface area contributed by atoms with E-state index in [2.05, 4.69) is 35.7 Å². The molecule has 0 aliphatic carbocycles. The number of hydrogen-bond acceptors (Lipinski definition) is 4. The molecular weight excluding hydrogens is 250 g/mol. The SMILES string of the molecule is Cc1noc(C)c1CN1CC[C@H]2[C@@H]1CCN2CC(C)C. The van der Waals surface area contributed by atoms with Crippen molar-refractivity contribution < 1.29 is 4.52 Å². The maximum absolute atomic E-state index is 5.30. The van der Waals surface area contributed by atoms with Gasteiger partial charge in [-0.3, -0.25) is 9.80 Å². The van der Waals surface area contributed by atoms with Crippen LogP contribution in [-0.2, 0) is 6.54 Å². The molecule has 0 N–H and O–H groups in total. The van der Waals surface area contributed by atoms with Crippen molar-refractivity contribution in [3.05, 3.63) is 17.0 Å². The molecule has 0 spiro atoms. The molecule has 0 radical (unpaired) electrons. The maximum atomic E-state index is 5.30. The van der Waals surface area contributed by atoms with Gasteiger partial charge in [-0.2, -0.15) is 0 Å². The van der Waals surface area contributed by atoms with Crippen LogP contribution in [0.15, 0.2) is 4.52 Å². The molecule has 4 heteroatoms. The van der Waals surface area contributed by atoms with Crippen LogP contribution in [-0.4, -0.2) is 46.7 Å². The van der Waals surface area contributed by atoms with E-state index in [0.717, 1.165) is 36.0 Å². The number of hydrogen-bond donors (Lipinski definition) is 0. The molecule has 2 atom stereocenters. The minimum atomic E-state index is 0.738. The third-order valence-corrected chi connectivity index (χ3v) is 4.95. The molecule has 0 amide bonds. The molecule has 2 fully saturated rings. The number of aromatic nitrogens is 1. The normalized spacial score (nSPS) is 27.6. The van der Waals surface area contributed by atoms with Gasteiger partial charge in [0.05, 0.1) is 5.69 Å². The molecule has 2 saturated heterocycles. The second-order valence-electron chi connectivity index (χ2n) is 6.87. The summed E-state index contributed by atoms with van der Waals surface area (Å²) in [6, 6.07) is 1.51. The van der Waals surface area contributed by atoms with Gasteiger partial charge in [0, 0.05) is 43.8 Å². The molecule has 3 heterocycles. The molecular formula is C16H27N3O. The molecule has 0 bridgehead atoms. The van der Waals surface area contributed by atoms with Crippen molar-refractivity contribution in [3.63, 3.8) is 0 Å². The zero-order valence-corrected chi connectivity index (χ0v) is 13.2. The van der Waals surface area contributed by atoms with E-state index in [-0.39, 0.29) is 0 Å². The molecule has 3 rings (SSSR count). The lowest BCUT2D eigenvalue weighted by Gasteiger charge is -2.26. The first-order chi connectivity index (χ1) is 9.56. The predicted molar refractivity (Wildman–Crippen MR) is 79.6 cm³/mol. The molecule has 0 aromatic carbocycles. The second kappa shape index (κ2) is 5.49. The van der Waals surface area contributed by atoms with Crippen molar-refractivity contribution in [2.75, 3.05) is 19.6 Å². The summed E-state index contributed by atoms with van der Waals surface area (Å²) in [6.07, 6.45) is 2.64. The molecule has 1 aromatic heterocycles. The maximum Gasteiger partial charge on any atom is 0.138 e. The van der Waals surface area contributed by atoms with E-state index in [1.165, 1.54) is 38.0 Å². The van der Waals surface area contributed by atoms with Crippen LogP contribution in [0, 0.1) is 19.8 Å². The van der Waals surface area contributed by atoms with Gasteiger partial charge in [0.2, 0.25) is 0 Å². The van der Waals surface area contributed by atoms with Crippen LogP contribution in [0.1, 0.15) is 43.7 Å². The average Bonchev–Trinajstić information content (AvgIpc) is 3.03. The lowest BCUT2D eigenvalue weighted by molar-refractivity contribution is 0.203. The van der Waals surface area contributed by atoms with Gasteiger partial charge in [-0.15, -0.1) is 0 Å². The fourth-order valence-corrected chi connectivity index (χ4v) is 3.99. The van der Waals surface area contributed by atoms with Crippen LogP contribution in [0.3, 0.4) is 0 Å². The smallest absolute Gasteiger partial charge is 0.138 e. The summed E-state index contributed by atoms with van der Waals surface area (Å²) in [7, 11) is 0. The highest BCUT2D eigenvalue weighted by Crippen LogP contribution is 2.33. The number of nitrogens with zero attached hydrogens (tertiary/aromatic N) is 3. The number of fused-ring (bicyclic) bond motifs is 1. The van der Waals surface area contributed by atoms with Crippen molar-refractivity contribution in [1.82, 2.24) is 15.0 Å². The van der Waals surface area contributed by atoms with Crippen molar-refractivity contribution in [2.45, 2.75) is 59.2 Å². The van der Waals surface area contributed by atoms with Crippen LogP contribution >= 0.6 is 0 Å². The van der Waals surface area contributed by atoms with Crippen LogP contribution in [0.4, 0.5) is 0 Å². The van der Waals surface area contributed by atoms with Gasteiger partial charge < -0.3 is 4.52 Å². The highest BCUT2D eigenvalue weighted by atomic mass is 16.5. The summed E-state index contributed by atoms with van der Waals surface area (Å²) in [5.74, 6) is 1.76. The summed E-state index contributed by atoms with van der Waals surface area (Å²) in [5, 5.41) is 4.09. The highest BCUT2D eigenvalue weighted by Gasteiger charge is 2.42. The lowest BCUT2D eigenvalue weighted by atomic mass is 10.1. The lowest BCUT2D eigenvalue weighted by Crippen LogP contribution is -2.37. The van der Waals surface area contributed by atoms with E-state index in [4.69, 9.17) is 4.52 Å². The van der Waals surface area contributed by atoms with E-state index in [1.807, 2.05) is 6.92 Å². The Labute approximate surface area is 122 Å². The Balaban J connectivity index is 1.67. The summed E-state index contributed by atoms with van der Waals surface area (Å²) in [5.41, 5.74) is 2.36. The molecule has 112 valence electrons. The summed E-state index contributed by atoms with van der Waals surface area (Å²) in [6.45, 7) is 13.5. The largest absolute Gasteiger partial charge is 0.361 e. The van der Waals surface area contributed by atoms with Gasteiger partial charge in [0.25, 0.3) is 0 Å². The molecule has 4 nitrogen and oxygen atoms in total. The van der Waals surface area contributed by atoms with Gasteiger partial charge in [-0.05, 0) is 32.6 Å². The van der Waals surface area contributed by atoms with Crippen LogP contribution in [0.25, 0.3) is 0 Å². The minimum Gasteiger partial charge on any atom is -0.361 e. The Morgan fingerprint density at radius 1 is 1.15 bits per heavy atom. The molecule has 20 heavy (non-hydrogen) atoms. The van der Waals surface area contributed by atoms with Crippen molar-refractivity contribution in [1.29, 1.82) is 0 Å². The zero-order chi connectivity index (χ0) is 14.3. The van der Waals surface area contributed by atoms with E-state index in [1.54, 1.807) is 0 Å². The molecule has 2 aliphatic rings. The number of rotatable bonds is 4. The first-order valence-electron chi connectivity index (χ1n) is 7.96. The topological polar surface area (TPSA) is 32.5 Å². The van der Waals surface area contributed by atoms with E-state index >= 15 is 0 Å². The Bertz CT molecular complexity index is 449. The fourth-order valence-electron chi connectivity index (χ4n) is 3.99. The quantitative estimate of drug-likeness (QED) is 0.847. The Kier molecular flexibility index (Phi) is 3.87. The second-order valence-corrected chi connectivity index (χ2v) is 6.87. The number of aryl methyl sites for hydroxylation is 2. The van der Waals surface area contributed by atoms with Crippen molar-refractivity contribution in [2.24, 2.45) is 5.92 Å². The van der Waals surface area contributed by atoms with Gasteiger partial charge in [0.1, 0.15) is 5.76 Å². The van der Waals surface area contributed by atoms with Gasteiger partial charge in [-0.1, -0.05) is 19.0 Å². The zero-order valence-electron chi connectivity index (χ0n) is 13.2. The van der Waals surface area contributed by atoms with Crippen LogP contribution in [0.5, 0.6) is 0 Å². The van der Waals surface area contributed by atoms with Crippen molar-refractivity contribution >= 4 is 0 Å². The monoisotopic (exact) mass is 277 g/mol. The molecule has 1 aromatic rings. The van der Waals surface area contributed by atoms with E-state index < -0.39 is 0 Å². The predicted octanol–water partition coefficient (Wildman–Crippen LogP) is 2.60. The van der Waals surface area contributed by atoms with Gasteiger partial charge in [-0.25, -0.2) is 0 Å². The summed E-state index contributed by atoms with van der Waals surface area (Å²) < 4.78 is 5.30. The van der Waals surface area contributed by atoms with Gasteiger partial charge in [0.15, 0.2) is 0 Å². The highest BCUT2D eigenvalue weighted by molar-refractivity contribution is 5.21. The summed E-state index contributed by atoms with van der Waals surface area (Å²) >= 11 is 0. The van der Waals surface area contributed by atoms with E-state index in [9.17, 15) is 0 Å². The van der Waals surface area contributed by atoms with Crippen molar-refractivity contribution in [3.8, 4) is 0 Å². The van der Waals surface area contributed by atoms with E-state index in [0.29, 0.717) is 0 Å². The van der Waals surface area contributed by atoms with Gasteiger partial charge >= 0.3 is 0 Å². The molecule has 0 unspecified atom stereocenters. The minimum absolute atomic E-state index is 0.738. The third kappa shape index (κ3) is 2.51. The molecule has 2 aliphatic heterocycles. The Morgan fingerprint density at radius 3 is 2.40 bits per heavy atom. The first-order valence-corrected chi connectivity index (χ1v) is 7.96. The fraction of sp³-hybridized carbons (Fsp3) is 0.812. The third-order valence-electron chi connectivity index (χ3n) is 4.95. The number of likely N-dealkylation sites (tertiary alicyclic amines) is 2. The Hall–Kier alpha value is -0.870.